The third kappa shape index (κ3) is 4.38. The molecule has 4 rings (SSSR count). The molecule has 3 aromatic carbocycles. The Bertz CT molecular complexity index is 1290. The number of carbonyl (C=O) groups is 2. The third-order valence-corrected chi connectivity index (χ3v) is 5.10. The van der Waals surface area contributed by atoms with Gasteiger partial charge >= 0.3 is 0 Å². The number of aryl methyl sites for hydroxylation is 2. The fourth-order valence-corrected chi connectivity index (χ4v) is 3.42. The number of benzene rings is 3. The van der Waals surface area contributed by atoms with Gasteiger partial charge in [0.2, 0.25) is 0 Å². The highest BCUT2D eigenvalue weighted by Crippen LogP contribution is 2.20. The van der Waals surface area contributed by atoms with E-state index in [9.17, 15) is 9.59 Å². The van der Waals surface area contributed by atoms with E-state index in [1.807, 2.05) is 56.3 Å². The molecule has 6 nitrogen and oxygen atoms in total. The first-order chi connectivity index (χ1) is 15.0. The van der Waals surface area contributed by atoms with Crippen molar-refractivity contribution in [1.29, 1.82) is 0 Å². The van der Waals surface area contributed by atoms with Crippen LogP contribution in [0, 0.1) is 13.8 Å². The summed E-state index contributed by atoms with van der Waals surface area (Å²) in [5.74, 6) is -0.514. The maximum absolute atomic E-state index is 12.4. The number of para-hydroxylation sites is 1. The van der Waals surface area contributed by atoms with Crippen LogP contribution in [0.3, 0.4) is 0 Å². The van der Waals surface area contributed by atoms with Crippen molar-refractivity contribution in [2.75, 3.05) is 5.32 Å². The van der Waals surface area contributed by atoms with Gasteiger partial charge in [0.05, 0.1) is 6.21 Å². The van der Waals surface area contributed by atoms with Gasteiger partial charge in [0.15, 0.2) is 0 Å². The van der Waals surface area contributed by atoms with Crippen molar-refractivity contribution < 1.29 is 9.59 Å². The molecular formula is C25H22N4O2. The number of amides is 2. The maximum atomic E-state index is 12.4. The molecule has 6 heteroatoms. The van der Waals surface area contributed by atoms with E-state index < -0.39 is 0 Å². The second-order valence-corrected chi connectivity index (χ2v) is 7.25. The quantitative estimate of drug-likeness (QED) is 0.326. The molecule has 0 saturated carbocycles. The zero-order chi connectivity index (χ0) is 21.8. The van der Waals surface area contributed by atoms with Crippen molar-refractivity contribution in [2.24, 2.45) is 5.10 Å². The average molecular weight is 410 g/mol. The highest BCUT2D eigenvalue weighted by atomic mass is 16.2. The average Bonchev–Trinajstić information content (AvgIpc) is 3.09. The second-order valence-electron chi connectivity index (χ2n) is 7.25. The standard InChI is InChI=1S/C25H22N4O2/c1-16-7-3-4-8-20(16)25(31)28-19-13-11-18(12-14-19)24(30)29-26-15-22-17(2)27-23-10-6-5-9-21(22)23/h3-15,27H,1-2H3,(H,28,31)(H,29,30)/b26-15+. The lowest BCUT2D eigenvalue weighted by Gasteiger charge is -2.08. The minimum Gasteiger partial charge on any atom is -0.358 e. The molecule has 4 aromatic rings. The number of H-pyrrole nitrogens is 1. The van der Waals surface area contributed by atoms with Gasteiger partial charge in [-0.3, -0.25) is 9.59 Å². The van der Waals surface area contributed by atoms with E-state index in [1.54, 1.807) is 36.5 Å². The van der Waals surface area contributed by atoms with Crippen molar-refractivity contribution >= 4 is 34.6 Å². The fourth-order valence-electron chi connectivity index (χ4n) is 3.42. The molecule has 0 aliphatic heterocycles. The summed E-state index contributed by atoms with van der Waals surface area (Å²) >= 11 is 0. The first-order valence-electron chi connectivity index (χ1n) is 9.90. The number of hydrogen-bond acceptors (Lipinski definition) is 3. The first-order valence-corrected chi connectivity index (χ1v) is 9.90. The molecule has 154 valence electrons. The molecule has 0 saturated heterocycles. The molecule has 0 spiro atoms. The van der Waals surface area contributed by atoms with Gasteiger partial charge in [0, 0.05) is 39.0 Å². The number of nitrogens with one attached hydrogen (secondary N) is 3. The lowest BCUT2D eigenvalue weighted by Crippen LogP contribution is -2.18. The number of nitrogens with zero attached hydrogens (tertiary/aromatic N) is 1. The van der Waals surface area contributed by atoms with Crippen LogP contribution in [0.5, 0.6) is 0 Å². The molecule has 0 unspecified atom stereocenters. The topological polar surface area (TPSA) is 86.3 Å². The van der Waals surface area contributed by atoms with Crippen LogP contribution in [-0.2, 0) is 0 Å². The second kappa shape index (κ2) is 8.67. The summed E-state index contributed by atoms with van der Waals surface area (Å²) in [7, 11) is 0. The number of fused-ring (bicyclic) bond motifs is 1. The normalized spacial score (nSPS) is 11.0. The van der Waals surface area contributed by atoms with Gasteiger partial charge in [-0.1, -0.05) is 36.4 Å². The molecule has 1 aromatic heterocycles. The zero-order valence-corrected chi connectivity index (χ0v) is 17.3. The number of aromatic nitrogens is 1. The van der Waals surface area contributed by atoms with Crippen LogP contribution in [0.15, 0.2) is 77.9 Å². The molecule has 0 aliphatic rings. The lowest BCUT2D eigenvalue weighted by molar-refractivity contribution is 0.0954. The van der Waals surface area contributed by atoms with Crippen LogP contribution in [0.25, 0.3) is 10.9 Å². The van der Waals surface area contributed by atoms with Crippen LogP contribution in [-0.4, -0.2) is 23.0 Å². The Morgan fingerprint density at radius 3 is 2.35 bits per heavy atom. The number of carbonyl (C=O) groups excluding carboxylic acids is 2. The summed E-state index contributed by atoms with van der Waals surface area (Å²) in [6.07, 6.45) is 1.64. The van der Waals surface area contributed by atoms with E-state index in [0.29, 0.717) is 16.8 Å². The van der Waals surface area contributed by atoms with Crippen molar-refractivity contribution in [1.82, 2.24) is 10.4 Å². The summed E-state index contributed by atoms with van der Waals surface area (Å²) < 4.78 is 0. The number of hydrogen-bond donors (Lipinski definition) is 3. The van der Waals surface area contributed by atoms with Crippen LogP contribution in [0.1, 0.15) is 37.5 Å². The summed E-state index contributed by atoms with van der Waals surface area (Å²) in [5.41, 5.74) is 8.07. The van der Waals surface area contributed by atoms with Gasteiger partial charge in [-0.2, -0.15) is 5.10 Å². The van der Waals surface area contributed by atoms with Gasteiger partial charge < -0.3 is 10.3 Å². The van der Waals surface area contributed by atoms with Crippen LogP contribution in [0.4, 0.5) is 5.69 Å². The van der Waals surface area contributed by atoms with E-state index >= 15 is 0 Å². The molecule has 0 bridgehead atoms. The molecule has 0 fully saturated rings. The Hall–Kier alpha value is -4.19. The zero-order valence-electron chi connectivity index (χ0n) is 17.3. The Labute approximate surface area is 180 Å². The van der Waals surface area contributed by atoms with Gasteiger partial charge in [-0.05, 0) is 55.8 Å². The predicted molar refractivity (Wildman–Crippen MR) is 124 cm³/mol. The fraction of sp³-hybridized carbons (Fsp3) is 0.0800. The smallest absolute Gasteiger partial charge is 0.271 e. The minimum absolute atomic E-state index is 0.186. The Balaban J connectivity index is 1.40. The van der Waals surface area contributed by atoms with E-state index in [4.69, 9.17) is 0 Å². The van der Waals surface area contributed by atoms with Gasteiger partial charge in [0.25, 0.3) is 11.8 Å². The first kappa shape index (κ1) is 20.1. The SMILES string of the molecule is Cc1ccccc1C(=O)Nc1ccc(C(=O)N/N=C/c2c(C)[nH]c3ccccc23)cc1. The van der Waals surface area contributed by atoms with Crippen LogP contribution < -0.4 is 10.7 Å². The Kier molecular flexibility index (Phi) is 5.62. The minimum atomic E-state index is -0.328. The van der Waals surface area contributed by atoms with Crippen molar-refractivity contribution in [3.8, 4) is 0 Å². The number of anilines is 1. The monoisotopic (exact) mass is 410 g/mol. The predicted octanol–water partition coefficient (Wildman–Crippen LogP) is 4.80. The van der Waals surface area contributed by atoms with Crippen LogP contribution in [0.2, 0.25) is 0 Å². The van der Waals surface area contributed by atoms with E-state index in [1.165, 1.54) is 0 Å². The molecule has 3 N–H and O–H groups in total. The molecule has 31 heavy (non-hydrogen) atoms. The molecular weight excluding hydrogens is 388 g/mol. The van der Waals surface area contributed by atoms with Gasteiger partial charge in [0.1, 0.15) is 0 Å². The Morgan fingerprint density at radius 2 is 1.58 bits per heavy atom. The summed E-state index contributed by atoms with van der Waals surface area (Å²) in [5, 5.41) is 8.00. The van der Waals surface area contributed by atoms with Crippen molar-refractivity contribution in [2.45, 2.75) is 13.8 Å². The number of aromatic amines is 1. The van der Waals surface area contributed by atoms with E-state index in [0.717, 1.165) is 27.7 Å². The van der Waals surface area contributed by atoms with Crippen molar-refractivity contribution in [3.63, 3.8) is 0 Å². The molecule has 0 radical (unpaired) electrons. The number of rotatable bonds is 5. The Morgan fingerprint density at radius 1 is 0.871 bits per heavy atom. The summed E-state index contributed by atoms with van der Waals surface area (Å²) in [6.45, 7) is 3.85. The number of hydrazone groups is 1. The lowest BCUT2D eigenvalue weighted by atomic mass is 10.1. The van der Waals surface area contributed by atoms with Crippen LogP contribution >= 0.6 is 0 Å². The highest BCUT2D eigenvalue weighted by molar-refractivity contribution is 6.05. The largest absolute Gasteiger partial charge is 0.358 e. The molecule has 0 aliphatic carbocycles. The maximum Gasteiger partial charge on any atom is 0.271 e. The molecule has 2 amide bonds. The van der Waals surface area contributed by atoms with E-state index in [-0.39, 0.29) is 11.8 Å². The highest BCUT2D eigenvalue weighted by Gasteiger charge is 2.10. The summed E-state index contributed by atoms with van der Waals surface area (Å²) in [4.78, 5) is 28.1. The van der Waals surface area contributed by atoms with Gasteiger partial charge in [-0.15, -0.1) is 0 Å². The molecule has 0 atom stereocenters. The summed E-state index contributed by atoms with van der Waals surface area (Å²) in [6, 6.07) is 22.0. The molecule has 1 heterocycles. The third-order valence-electron chi connectivity index (χ3n) is 5.10. The van der Waals surface area contributed by atoms with E-state index in [2.05, 4.69) is 20.8 Å². The van der Waals surface area contributed by atoms with Gasteiger partial charge in [-0.25, -0.2) is 5.43 Å². The van der Waals surface area contributed by atoms with Crippen molar-refractivity contribution in [3.05, 3.63) is 101 Å².